The number of carboxylic acids is 1. The SMILES string of the molecule is CCC[C@H](NS(=O)(=O)c1cn(CCC)c(C)n1)C(=O)O. The van der Waals surface area contributed by atoms with Gasteiger partial charge in [0.05, 0.1) is 0 Å². The number of carbonyl (C=O) groups is 1. The summed E-state index contributed by atoms with van der Waals surface area (Å²) < 4.78 is 28.2. The first-order valence-electron chi connectivity index (χ1n) is 6.60. The van der Waals surface area contributed by atoms with Crippen LogP contribution in [0.4, 0.5) is 0 Å². The van der Waals surface area contributed by atoms with E-state index in [1.165, 1.54) is 6.20 Å². The molecule has 0 fully saturated rings. The minimum absolute atomic E-state index is 0.134. The maximum atomic E-state index is 12.1. The van der Waals surface area contributed by atoms with E-state index in [2.05, 4.69) is 9.71 Å². The summed E-state index contributed by atoms with van der Waals surface area (Å²) in [5.74, 6) is -0.588. The van der Waals surface area contributed by atoms with E-state index in [0.717, 1.165) is 6.42 Å². The highest BCUT2D eigenvalue weighted by Crippen LogP contribution is 2.11. The number of rotatable bonds is 8. The number of aryl methyl sites for hydroxylation is 2. The molecule has 20 heavy (non-hydrogen) atoms. The van der Waals surface area contributed by atoms with Crippen LogP contribution in [0, 0.1) is 6.92 Å². The van der Waals surface area contributed by atoms with Crippen LogP contribution < -0.4 is 4.72 Å². The van der Waals surface area contributed by atoms with Crippen molar-refractivity contribution in [3.05, 3.63) is 12.0 Å². The van der Waals surface area contributed by atoms with Crippen molar-refractivity contribution < 1.29 is 18.3 Å². The van der Waals surface area contributed by atoms with E-state index in [1.54, 1.807) is 18.4 Å². The maximum absolute atomic E-state index is 12.1. The lowest BCUT2D eigenvalue weighted by atomic mass is 10.2. The summed E-state index contributed by atoms with van der Waals surface area (Å²) in [5, 5.41) is 8.87. The molecule has 0 aliphatic carbocycles. The number of nitrogens with zero attached hydrogens (tertiary/aromatic N) is 2. The third-order valence-electron chi connectivity index (χ3n) is 2.87. The number of carboxylic acid groups (broad SMARTS) is 1. The molecule has 0 unspecified atom stereocenters. The van der Waals surface area contributed by atoms with E-state index in [0.29, 0.717) is 18.8 Å². The van der Waals surface area contributed by atoms with Crippen molar-refractivity contribution in [1.82, 2.24) is 14.3 Å². The van der Waals surface area contributed by atoms with E-state index < -0.39 is 22.0 Å². The molecule has 0 aromatic carbocycles. The van der Waals surface area contributed by atoms with Crippen LogP contribution >= 0.6 is 0 Å². The van der Waals surface area contributed by atoms with Crippen LogP contribution in [0.1, 0.15) is 38.9 Å². The van der Waals surface area contributed by atoms with Gasteiger partial charge in [0.2, 0.25) is 0 Å². The zero-order valence-electron chi connectivity index (χ0n) is 12.0. The van der Waals surface area contributed by atoms with E-state index in [1.807, 2.05) is 6.92 Å². The van der Waals surface area contributed by atoms with Crippen LogP contribution in [0.25, 0.3) is 0 Å². The fourth-order valence-electron chi connectivity index (χ4n) is 1.85. The predicted octanol–water partition coefficient (Wildman–Crippen LogP) is 1.13. The normalized spacial score (nSPS) is 13.3. The monoisotopic (exact) mass is 303 g/mol. The molecule has 0 amide bonds. The molecule has 8 heteroatoms. The molecule has 1 aromatic rings. The average molecular weight is 303 g/mol. The molecular formula is C12H21N3O4S. The molecular weight excluding hydrogens is 282 g/mol. The Morgan fingerprint density at radius 1 is 1.45 bits per heavy atom. The molecule has 1 heterocycles. The second kappa shape index (κ2) is 6.85. The van der Waals surface area contributed by atoms with Gasteiger partial charge < -0.3 is 9.67 Å². The summed E-state index contributed by atoms with van der Waals surface area (Å²) >= 11 is 0. The van der Waals surface area contributed by atoms with Crippen LogP contribution in [0.3, 0.4) is 0 Å². The molecule has 0 saturated carbocycles. The van der Waals surface area contributed by atoms with Crippen molar-refractivity contribution in [2.45, 2.75) is 57.6 Å². The zero-order valence-corrected chi connectivity index (χ0v) is 12.8. The van der Waals surface area contributed by atoms with E-state index >= 15 is 0 Å². The Bertz CT molecular complexity index is 565. The largest absolute Gasteiger partial charge is 0.480 e. The molecule has 0 bridgehead atoms. The standard InChI is InChI=1S/C12H21N3O4S/c1-4-6-10(12(16)17)14-20(18,19)11-8-15(7-5-2)9(3)13-11/h8,10,14H,4-7H2,1-3H3,(H,16,17)/t10-/m0/s1. The van der Waals surface area contributed by atoms with Crippen molar-refractivity contribution >= 4 is 16.0 Å². The fraction of sp³-hybridized carbons (Fsp3) is 0.667. The summed E-state index contributed by atoms with van der Waals surface area (Å²) in [6.45, 7) is 6.17. The van der Waals surface area contributed by atoms with Gasteiger partial charge in [-0.25, -0.2) is 13.4 Å². The first-order chi connectivity index (χ1) is 9.31. The van der Waals surface area contributed by atoms with Gasteiger partial charge in [0.25, 0.3) is 10.0 Å². The minimum atomic E-state index is -3.91. The molecule has 0 saturated heterocycles. The number of aromatic nitrogens is 2. The summed E-state index contributed by atoms with van der Waals surface area (Å²) in [4.78, 5) is 15.0. The van der Waals surface area contributed by atoms with Crippen molar-refractivity contribution in [3.63, 3.8) is 0 Å². The molecule has 114 valence electrons. The minimum Gasteiger partial charge on any atom is -0.480 e. The first-order valence-corrected chi connectivity index (χ1v) is 8.09. The van der Waals surface area contributed by atoms with Crippen LogP contribution in [-0.2, 0) is 21.4 Å². The van der Waals surface area contributed by atoms with Crippen LogP contribution in [-0.4, -0.2) is 35.1 Å². The highest BCUT2D eigenvalue weighted by atomic mass is 32.2. The van der Waals surface area contributed by atoms with Gasteiger partial charge in [-0.1, -0.05) is 20.3 Å². The van der Waals surface area contributed by atoms with Crippen molar-refractivity contribution in [1.29, 1.82) is 0 Å². The molecule has 0 aliphatic rings. The number of nitrogens with one attached hydrogen (secondary N) is 1. The number of aliphatic carboxylic acids is 1. The number of hydrogen-bond acceptors (Lipinski definition) is 4. The van der Waals surface area contributed by atoms with E-state index in [9.17, 15) is 13.2 Å². The Labute approximate surface area is 119 Å². The Kier molecular flexibility index (Phi) is 5.70. The van der Waals surface area contributed by atoms with Crippen molar-refractivity contribution in [2.75, 3.05) is 0 Å². The Morgan fingerprint density at radius 3 is 2.60 bits per heavy atom. The molecule has 1 aromatic heterocycles. The Morgan fingerprint density at radius 2 is 2.10 bits per heavy atom. The second-order valence-corrected chi connectivity index (χ2v) is 6.28. The molecule has 0 aliphatic heterocycles. The van der Waals surface area contributed by atoms with Gasteiger partial charge in [0.15, 0.2) is 5.03 Å². The molecule has 0 spiro atoms. The smallest absolute Gasteiger partial charge is 0.321 e. The average Bonchev–Trinajstić information content (AvgIpc) is 2.71. The molecule has 1 atom stereocenters. The topological polar surface area (TPSA) is 101 Å². The third-order valence-corrected chi connectivity index (χ3v) is 4.21. The molecule has 1 rings (SSSR count). The summed E-state index contributed by atoms with van der Waals surface area (Å²) in [5.41, 5.74) is 0. The maximum Gasteiger partial charge on any atom is 0.321 e. The lowest BCUT2D eigenvalue weighted by Gasteiger charge is -2.12. The third kappa shape index (κ3) is 4.04. The number of imidazole rings is 1. The van der Waals surface area contributed by atoms with Gasteiger partial charge in [-0.15, -0.1) is 0 Å². The predicted molar refractivity (Wildman–Crippen MR) is 73.9 cm³/mol. The summed E-state index contributed by atoms with van der Waals surface area (Å²) in [6, 6.07) is -1.12. The molecule has 0 radical (unpaired) electrons. The van der Waals surface area contributed by atoms with Gasteiger partial charge in [-0.3, -0.25) is 4.79 Å². The quantitative estimate of drug-likeness (QED) is 0.749. The van der Waals surface area contributed by atoms with Gasteiger partial charge in [0, 0.05) is 12.7 Å². The number of sulfonamides is 1. The van der Waals surface area contributed by atoms with Gasteiger partial charge in [-0.05, 0) is 19.8 Å². The van der Waals surface area contributed by atoms with Crippen LogP contribution in [0.5, 0.6) is 0 Å². The molecule has 2 N–H and O–H groups in total. The van der Waals surface area contributed by atoms with Crippen LogP contribution in [0.15, 0.2) is 11.2 Å². The van der Waals surface area contributed by atoms with Gasteiger partial charge in [-0.2, -0.15) is 4.72 Å². The van der Waals surface area contributed by atoms with E-state index in [4.69, 9.17) is 5.11 Å². The highest BCUT2D eigenvalue weighted by molar-refractivity contribution is 7.89. The number of hydrogen-bond donors (Lipinski definition) is 2. The Hall–Kier alpha value is -1.41. The van der Waals surface area contributed by atoms with E-state index in [-0.39, 0.29) is 11.4 Å². The summed E-state index contributed by atoms with van der Waals surface area (Å²) in [7, 11) is -3.91. The lowest BCUT2D eigenvalue weighted by molar-refractivity contribution is -0.139. The fourth-order valence-corrected chi connectivity index (χ4v) is 3.08. The zero-order chi connectivity index (χ0) is 15.3. The van der Waals surface area contributed by atoms with Crippen LogP contribution in [0.2, 0.25) is 0 Å². The van der Waals surface area contributed by atoms with Gasteiger partial charge in [0.1, 0.15) is 11.9 Å². The van der Waals surface area contributed by atoms with Gasteiger partial charge >= 0.3 is 5.97 Å². The first kappa shape index (κ1) is 16.6. The highest BCUT2D eigenvalue weighted by Gasteiger charge is 2.26. The van der Waals surface area contributed by atoms with Crippen molar-refractivity contribution in [3.8, 4) is 0 Å². The van der Waals surface area contributed by atoms with Crippen molar-refractivity contribution in [2.24, 2.45) is 0 Å². The lowest BCUT2D eigenvalue weighted by Crippen LogP contribution is -2.40. The Balaban J connectivity index is 2.98. The molecule has 7 nitrogen and oxygen atoms in total. The summed E-state index contributed by atoms with van der Waals surface area (Å²) in [6.07, 6.45) is 3.11. The second-order valence-electron chi connectivity index (χ2n) is 4.62.